The van der Waals surface area contributed by atoms with Crippen LogP contribution >= 0.6 is 11.6 Å². The molecule has 1 aliphatic rings. The first-order valence-corrected chi connectivity index (χ1v) is 10.6. The highest BCUT2D eigenvalue weighted by Crippen LogP contribution is 2.34. The van der Waals surface area contributed by atoms with Crippen LogP contribution in [0.2, 0.25) is 5.02 Å². The van der Waals surface area contributed by atoms with Crippen LogP contribution in [0, 0.1) is 5.82 Å². The number of esters is 1. The van der Waals surface area contributed by atoms with Crippen molar-refractivity contribution >= 4 is 29.4 Å². The number of aliphatic hydroxyl groups is 1. The normalized spacial score (nSPS) is 15.4. The largest absolute Gasteiger partial charge is 0.458 e. The maximum atomic E-state index is 15.0. The van der Waals surface area contributed by atoms with E-state index in [4.69, 9.17) is 16.3 Å². The minimum atomic E-state index is -0.879. The zero-order valence-corrected chi connectivity index (χ0v) is 19.3. The molecule has 32 heavy (non-hydrogen) atoms. The van der Waals surface area contributed by atoms with Gasteiger partial charge < -0.3 is 20.1 Å². The number of aromatic nitrogens is 2. The molecule has 8 nitrogen and oxygen atoms in total. The summed E-state index contributed by atoms with van der Waals surface area (Å²) in [5.74, 6) is -1.43. The third kappa shape index (κ3) is 4.99. The van der Waals surface area contributed by atoms with Gasteiger partial charge in [-0.1, -0.05) is 11.6 Å². The first-order valence-electron chi connectivity index (χ1n) is 10.2. The van der Waals surface area contributed by atoms with E-state index in [0.29, 0.717) is 5.56 Å². The number of amides is 1. The van der Waals surface area contributed by atoms with Gasteiger partial charge in [-0.15, -0.1) is 0 Å². The number of ether oxygens (including phenoxy) is 1. The fourth-order valence-corrected chi connectivity index (χ4v) is 3.45. The van der Waals surface area contributed by atoms with Crippen molar-refractivity contribution in [2.24, 2.45) is 0 Å². The number of fused-ring (bicyclic) bond motifs is 1. The molecule has 2 heterocycles. The Balaban J connectivity index is 1.93. The van der Waals surface area contributed by atoms with Crippen LogP contribution in [0.15, 0.2) is 18.3 Å². The zero-order valence-electron chi connectivity index (χ0n) is 18.6. The summed E-state index contributed by atoms with van der Waals surface area (Å²) in [6.45, 7) is 8.33. The molecule has 0 unspecified atom stereocenters. The molecule has 0 aliphatic carbocycles. The van der Waals surface area contributed by atoms with E-state index in [0.717, 1.165) is 0 Å². The van der Waals surface area contributed by atoms with Gasteiger partial charge in [-0.25, -0.2) is 19.2 Å². The minimum Gasteiger partial charge on any atom is -0.458 e. The highest BCUT2D eigenvalue weighted by atomic mass is 35.5. The van der Waals surface area contributed by atoms with E-state index in [1.165, 1.54) is 23.2 Å². The number of halogens is 2. The molecule has 0 spiro atoms. The summed E-state index contributed by atoms with van der Waals surface area (Å²) in [6, 6.07) is 1.58. The number of nitrogens with one attached hydrogen (secondary N) is 1. The lowest BCUT2D eigenvalue weighted by Crippen LogP contribution is -2.42. The molecule has 1 aliphatic heterocycles. The van der Waals surface area contributed by atoms with E-state index in [-0.39, 0.29) is 47.0 Å². The van der Waals surface area contributed by atoms with Crippen LogP contribution in [0.3, 0.4) is 0 Å². The van der Waals surface area contributed by atoms with Gasteiger partial charge in [0.1, 0.15) is 17.5 Å². The van der Waals surface area contributed by atoms with Crippen molar-refractivity contribution < 1.29 is 23.8 Å². The average molecular weight is 465 g/mol. The Bertz CT molecular complexity index is 1060. The topological polar surface area (TPSA) is 105 Å². The molecular formula is C22H26ClFN4O4. The summed E-state index contributed by atoms with van der Waals surface area (Å²) in [7, 11) is 0. The van der Waals surface area contributed by atoms with Crippen LogP contribution in [0.4, 0.5) is 10.3 Å². The van der Waals surface area contributed by atoms with Crippen LogP contribution < -0.4 is 5.32 Å². The van der Waals surface area contributed by atoms with Crippen molar-refractivity contribution in [3.63, 3.8) is 0 Å². The summed E-state index contributed by atoms with van der Waals surface area (Å²) < 4.78 is 20.4. The molecule has 0 saturated heterocycles. The second kappa shape index (κ2) is 8.99. The molecular weight excluding hydrogens is 439 g/mol. The highest BCUT2D eigenvalue weighted by Gasteiger charge is 2.37. The molecule has 0 radical (unpaired) electrons. The van der Waals surface area contributed by atoms with Gasteiger partial charge in [0.05, 0.1) is 30.1 Å². The van der Waals surface area contributed by atoms with Crippen molar-refractivity contribution in [2.45, 2.75) is 58.8 Å². The number of aliphatic hydroxyl groups excluding tert-OH is 1. The van der Waals surface area contributed by atoms with Gasteiger partial charge >= 0.3 is 5.97 Å². The quantitative estimate of drug-likeness (QED) is 0.631. The smallest absolute Gasteiger partial charge is 0.329 e. The monoisotopic (exact) mass is 464 g/mol. The molecule has 0 fully saturated rings. The second-order valence-electron chi connectivity index (χ2n) is 8.74. The average Bonchev–Trinajstić information content (AvgIpc) is 3.04. The van der Waals surface area contributed by atoms with Gasteiger partial charge in [0, 0.05) is 22.7 Å². The molecule has 2 aromatic rings. The molecule has 1 aromatic carbocycles. The Labute approximate surface area is 190 Å². The summed E-state index contributed by atoms with van der Waals surface area (Å²) in [5.41, 5.74) is 0.174. The summed E-state index contributed by atoms with van der Waals surface area (Å²) in [4.78, 5) is 35.1. The van der Waals surface area contributed by atoms with E-state index in [9.17, 15) is 19.1 Å². The SMILES string of the molecule is C[C@H](C(=O)OC(C)(C)C)N1Cc2c(F)cc(-c3nc(N[C@@H](C)CO)ncc3Cl)cc2C1=O. The van der Waals surface area contributed by atoms with Crippen molar-refractivity contribution in [2.75, 3.05) is 11.9 Å². The van der Waals surface area contributed by atoms with Gasteiger partial charge in [-0.3, -0.25) is 4.79 Å². The predicted octanol–water partition coefficient (Wildman–Crippen LogP) is 3.41. The molecule has 1 aromatic heterocycles. The van der Waals surface area contributed by atoms with Crippen molar-refractivity contribution in [3.8, 4) is 11.3 Å². The fourth-order valence-electron chi connectivity index (χ4n) is 3.25. The number of hydrogen-bond donors (Lipinski definition) is 2. The van der Waals surface area contributed by atoms with Crippen molar-refractivity contribution in [1.82, 2.24) is 14.9 Å². The fraction of sp³-hybridized carbons (Fsp3) is 0.455. The zero-order chi connectivity index (χ0) is 23.8. The van der Waals surface area contributed by atoms with Gasteiger partial charge in [-0.05, 0) is 46.8 Å². The summed E-state index contributed by atoms with van der Waals surface area (Å²) in [5, 5.41) is 12.3. The Hall–Kier alpha value is -2.78. The van der Waals surface area contributed by atoms with Crippen LogP contribution in [0.1, 0.15) is 50.5 Å². The number of nitrogens with zero attached hydrogens (tertiary/aromatic N) is 3. The summed E-state index contributed by atoms with van der Waals surface area (Å²) >= 11 is 6.24. The molecule has 2 N–H and O–H groups in total. The van der Waals surface area contributed by atoms with Gasteiger partial charge in [0.15, 0.2) is 0 Å². The number of carbonyl (C=O) groups is 2. The molecule has 1 amide bonds. The van der Waals surface area contributed by atoms with Crippen LogP contribution in [0.25, 0.3) is 11.3 Å². The number of carbonyl (C=O) groups excluding carboxylic acids is 2. The number of hydrogen-bond acceptors (Lipinski definition) is 7. The lowest BCUT2D eigenvalue weighted by atomic mass is 10.0. The number of rotatable bonds is 6. The molecule has 2 atom stereocenters. The first kappa shape index (κ1) is 23.9. The maximum Gasteiger partial charge on any atom is 0.329 e. The number of benzene rings is 1. The number of anilines is 1. The van der Waals surface area contributed by atoms with E-state index in [2.05, 4.69) is 15.3 Å². The molecule has 0 bridgehead atoms. The Kier molecular flexibility index (Phi) is 6.71. The first-order chi connectivity index (χ1) is 14.9. The lowest BCUT2D eigenvalue weighted by molar-refractivity contribution is -0.159. The van der Waals surface area contributed by atoms with Gasteiger partial charge in [0.25, 0.3) is 5.91 Å². The van der Waals surface area contributed by atoms with Gasteiger partial charge in [-0.2, -0.15) is 0 Å². The second-order valence-corrected chi connectivity index (χ2v) is 9.15. The van der Waals surface area contributed by atoms with Crippen molar-refractivity contribution in [1.29, 1.82) is 0 Å². The summed E-state index contributed by atoms with van der Waals surface area (Å²) in [6.07, 6.45) is 1.36. The van der Waals surface area contributed by atoms with E-state index >= 15 is 0 Å². The molecule has 10 heteroatoms. The maximum absolute atomic E-state index is 15.0. The van der Waals surface area contributed by atoms with Crippen LogP contribution in [-0.2, 0) is 16.1 Å². The lowest BCUT2D eigenvalue weighted by Gasteiger charge is -2.27. The van der Waals surface area contributed by atoms with E-state index in [1.807, 2.05) is 0 Å². The standard InChI is InChI=1S/C22H26ClFN4O4/c1-11(10-29)26-21-25-8-16(23)18(27-21)13-6-14-15(17(24)7-13)9-28(19(14)30)12(2)20(31)32-22(3,4)5/h6-8,11-12,29H,9-10H2,1-5H3,(H,25,26,27)/t11-,12+/m0/s1. The van der Waals surface area contributed by atoms with Gasteiger partial charge in [0.2, 0.25) is 5.95 Å². The third-order valence-corrected chi connectivity index (χ3v) is 5.17. The molecule has 0 saturated carbocycles. The molecule has 3 rings (SSSR count). The van der Waals surface area contributed by atoms with Crippen LogP contribution in [0.5, 0.6) is 0 Å². The van der Waals surface area contributed by atoms with E-state index in [1.54, 1.807) is 34.6 Å². The minimum absolute atomic E-state index is 0.0426. The molecule has 172 valence electrons. The predicted molar refractivity (Wildman–Crippen MR) is 118 cm³/mol. The Morgan fingerprint density at radius 2 is 2.06 bits per heavy atom. The van der Waals surface area contributed by atoms with E-state index < -0.39 is 29.3 Å². The Morgan fingerprint density at radius 1 is 1.38 bits per heavy atom. The third-order valence-electron chi connectivity index (χ3n) is 4.90. The highest BCUT2D eigenvalue weighted by molar-refractivity contribution is 6.33. The van der Waals surface area contributed by atoms with Crippen LogP contribution in [-0.4, -0.2) is 56.1 Å². The Morgan fingerprint density at radius 3 is 2.69 bits per heavy atom. The van der Waals surface area contributed by atoms with Crippen molar-refractivity contribution in [3.05, 3.63) is 40.3 Å².